The van der Waals surface area contributed by atoms with Crippen LogP contribution in [0.25, 0.3) is 0 Å². The molecule has 7 heteroatoms. The van der Waals surface area contributed by atoms with E-state index in [0.717, 1.165) is 22.6 Å². The van der Waals surface area contributed by atoms with Gasteiger partial charge in [-0.05, 0) is 48.7 Å². The van der Waals surface area contributed by atoms with Gasteiger partial charge in [-0.3, -0.25) is 0 Å². The lowest BCUT2D eigenvalue weighted by atomic mass is 10.1. The van der Waals surface area contributed by atoms with Crippen molar-refractivity contribution in [3.05, 3.63) is 46.9 Å². The number of amides is 2. The SMILES string of the molecule is Cc1ccc(C)c(NC(=O)N2CCN(c3ccnc(Cl)n3)CC2)c1. The van der Waals surface area contributed by atoms with Crippen LogP contribution in [0.1, 0.15) is 11.1 Å². The molecule has 1 N–H and O–H groups in total. The number of nitrogens with zero attached hydrogens (tertiary/aromatic N) is 4. The first kappa shape index (κ1) is 16.5. The van der Waals surface area contributed by atoms with Crippen molar-refractivity contribution in [3.63, 3.8) is 0 Å². The molecule has 24 heavy (non-hydrogen) atoms. The minimum Gasteiger partial charge on any atom is -0.353 e. The highest BCUT2D eigenvalue weighted by Crippen LogP contribution is 2.18. The lowest BCUT2D eigenvalue weighted by molar-refractivity contribution is 0.208. The molecule has 0 spiro atoms. The average Bonchev–Trinajstić information content (AvgIpc) is 2.58. The summed E-state index contributed by atoms with van der Waals surface area (Å²) in [5.74, 6) is 0.796. The van der Waals surface area contributed by atoms with Crippen molar-refractivity contribution in [1.82, 2.24) is 14.9 Å². The number of anilines is 2. The minimum atomic E-state index is -0.0657. The van der Waals surface area contributed by atoms with Gasteiger partial charge in [-0.2, -0.15) is 0 Å². The Labute approximate surface area is 146 Å². The quantitative estimate of drug-likeness (QED) is 0.850. The van der Waals surface area contributed by atoms with E-state index in [4.69, 9.17) is 11.6 Å². The van der Waals surface area contributed by atoms with Gasteiger partial charge < -0.3 is 15.1 Å². The third-order valence-electron chi connectivity index (χ3n) is 4.14. The number of urea groups is 1. The van der Waals surface area contributed by atoms with Crippen molar-refractivity contribution >= 4 is 29.1 Å². The van der Waals surface area contributed by atoms with Crippen LogP contribution in [0.4, 0.5) is 16.3 Å². The van der Waals surface area contributed by atoms with Crippen LogP contribution in [-0.2, 0) is 0 Å². The van der Waals surface area contributed by atoms with E-state index in [1.54, 1.807) is 6.20 Å². The largest absolute Gasteiger partial charge is 0.353 e. The summed E-state index contributed by atoms with van der Waals surface area (Å²) in [6.07, 6.45) is 1.64. The molecule has 6 nitrogen and oxygen atoms in total. The van der Waals surface area contributed by atoms with Crippen LogP contribution >= 0.6 is 11.6 Å². The highest BCUT2D eigenvalue weighted by Gasteiger charge is 2.22. The predicted octanol–water partition coefficient (Wildman–Crippen LogP) is 3.10. The first-order chi connectivity index (χ1) is 11.5. The van der Waals surface area contributed by atoms with Gasteiger partial charge in [0, 0.05) is 38.1 Å². The molecule has 1 aliphatic heterocycles. The van der Waals surface area contributed by atoms with Crippen LogP contribution in [0.15, 0.2) is 30.5 Å². The number of rotatable bonds is 2. The van der Waals surface area contributed by atoms with E-state index in [-0.39, 0.29) is 11.3 Å². The van der Waals surface area contributed by atoms with Crippen LogP contribution < -0.4 is 10.2 Å². The Bertz CT molecular complexity index is 744. The summed E-state index contributed by atoms with van der Waals surface area (Å²) in [6.45, 7) is 6.71. The van der Waals surface area contributed by atoms with Crippen LogP contribution in [0.2, 0.25) is 5.28 Å². The molecule has 0 atom stereocenters. The summed E-state index contributed by atoms with van der Waals surface area (Å²) in [6, 6.07) is 7.81. The third-order valence-corrected chi connectivity index (χ3v) is 4.32. The number of carbonyl (C=O) groups is 1. The molecule has 1 aliphatic rings. The number of hydrogen-bond donors (Lipinski definition) is 1. The summed E-state index contributed by atoms with van der Waals surface area (Å²) in [7, 11) is 0. The maximum absolute atomic E-state index is 12.5. The fourth-order valence-electron chi connectivity index (χ4n) is 2.71. The molecular formula is C17H20ClN5O. The summed E-state index contributed by atoms with van der Waals surface area (Å²) in [4.78, 5) is 24.5. The number of carbonyl (C=O) groups excluding carboxylic acids is 1. The maximum Gasteiger partial charge on any atom is 0.321 e. The van der Waals surface area contributed by atoms with Gasteiger partial charge in [0.25, 0.3) is 0 Å². The molecule has 0 radical (unpaired) electrons. The maximum atomic E-state index is 12.5. The number of aryl methyl sites for hydroxylation is 2. The summed E-state index contributed by atoms with van der Waals surface area (Å²) < 4.78 is 0. The smallest absolute Gasteiger partial charge is 0.321 e. The molecule has 1 saturated heterocycles. The predicted molar refractivity (Wildman–Crippen MR) is 95.8 cm³/mol. The van der Waals surface area contributed by atoms with E-state index < -0.39 is 0 Å². The van der Waals surface area contributed by atoms with E-state index in [2.05, 4.69) is 20.2 Å². The Hall–Kier alpha value is -2.34. The Morgan fingerprint density at radius 2 is 1.92 bits per heavy atom. The highest BCUT2D eigenvalue weighted by molar-refractivity contribution is 6.28. The van der Waals surface area contributed by atoms with Crippen molar-refractivity contribution in [2.45, 2.75) is 13.8 Å². The van der Waals surface area contributed by atoms with Crippen molar-refractivity contribution in [2.75, 3.05) is 36.4 Å². The molecule has 126 valence electrons. The van der Waals surface area contributed by atoms with Crippen molar-refractivity contribution < 1.29 is 4.79 Å². The van der Waals surface area contributed by atoms with Gasteiger partial charge in [0.05, 0.1) is 0 Å². The van der Waals surface area contributed by atoms with Crippen molar-refractivity contribution in [1.29, 1.82) is 0 Å². The van der Waals surface area contributed by atoms with Gasteiger partial charge in [0.2, 0.25) is 5.28 Å². The molecular weight excluding hydrogens is 326 g/mol. The molecule has 1 aromatic heterocycles. The Balaban J connectivity index is 1.60. The van der Waals surface area contributed by atoms with E-state index in [1.165, 1.54) is 0 Å². The average molecular weight is 346 g/mol. The second-order valence-corrected chi connectivity index (χ2v) is 6.24. The van der Waals surface area contributed by atoms with Crippen molar-refractivity contribution in [2.24, 2.45) is 0 Å². The molecule has 0 bridgehead atoms. The number of hydrogen-bond acceptors (Lipinski definition) is 4. The van der Waals surface area contributed by atoms with Gasteiger partial charge in [-0.1, -0.05) is 12.1 Å². The normalized spacial score (nSPS) is 14.6. The first-order valence-corrected chi connectivity index (χ1v) is 8.27. The first-order valence-electron chi connectivity index (χ1n) is 7.89. The topological polar surface area (TPSA) is 61.4 Å². The van der Waals surface area contributed by atoms with Crippen LogP contribution in [-0.4, -0.2) is 47.1 Å². The number of aromatic nitrogens is 2. The van der Waals surface area contributed by atoms with Crippen LogP contribution in [0.3, 0.4) is 0 Å². The zero-order valence-corrected chi connectivity index (χ0v) is 14.5. The lowest BCUT2D eigenvalue weighted by Crippen LogP contribution is -2.50. The van der Waals surface area contributed by atoms with Gasteiger partial charge in [0.1, 0.15) is 5.82 Å². The number of nitrogens with one attached hydrogen (secondary N) is 1. The fourth-order valence-corrected chi connectivity index (χ4v) is 2.85. The second-order valence-electron chi connectivity index (χ2n) is 5.91. The zero-order chi connectivity index (χ0) is 17.1. The monoisotopic (exact) mass is 345 g/mol. The summed E-state index contributed by atoms with van der Waals surface area (Å²) >= 11 is 5.84. The van der Waals surface area contributed by atoms with Crippen LogP contribution in [0.5, 0.6) is 0 Å². The molecule has 2 heterocycles. The standard InChI is InChI=1S/C17H20ClN5O/c1-12-3-4-13(2)14(11-12)20-17(24)23-9-7-22(8-10-23)15-5-6-19-16(18)21-15/h3-6,11H,7-10H2,1-2H3,(H,20,24). The number of piperazine rings is 1. The summed E-state index contributed by atoms with van der Waals surface area (Å²) in [5.41, 5.74) is 3.05. The number of benzene rings is 1. The minimum absolute atomic E-state index is 0.0657. The Morgan fingerprint density at radius 3 is 2.62 bits per heavy atom. The second kappa shape index (κ2) is 7.05. The van der Waals surface area contributed by atoms with Gasteiger partial charge in [-0.25, -0.2) is 14.8 Å². The Morgan fingerprint density at radius 1 is 1.17 bits per heavy atom. The van der Waals surface area contributed by atoms with E-state index >= 15 is 0 Å². The van der Waals surface area contributed by atoms with E-state index in [0.29, 0.717) is 26.2 Å². The molecule has 1 fully saturated rings. The lowest BCUT2D eigenvalue weighted by Gasteiger charge is -2.35. The molecule has 0 saturated carbocycles. The fraction of sp³-hybridized carbons (Fsp3) is 0.353. The molecule has 2 aromatic rings. The molecule has 3 rings (SSSR count). The molecule has 1 aromatic carbocycles. The van der Waals surface area contributed by atoms with E-state index in [1.807, 2.05) is 43.0 Å². The molecule has 2 amide bonds. The van der Waals surface area contributed by atoms with E-state index in [9.17, 15) is 4.79 Å². The van der Waals surface area contributed by atoms with Crippen molar-refractivity contribution in [3.8, 4) is 0 Å². The highest BCUT2D eigenvalue weighted by atomic mass is 35.5. The van der Waals surface area contributed by atoms with Gasteiger partial charge in [-0.15, -0.1) is 0 Å². The Kier molecular flexibility index (Phi) is 4.85. The number of halogens is 1. The van der Waals surface area contributed by atoms with Crippen LogP contribution in [0, 0.1) is 13.8 Å². The van der Waals surface area contributed by atoms with Gasteiger partial charge >= 0.3 is 6.03 Å². The van der Waals surface area contributed by atoms with Gasteiger partial charge in [0.15, 0.2) is 0 Å². The molecule has 0 unspecified atom stereocenters. The zero-order valence-electron chi connectivity index (χ0n) is 13.8. The third kappa shape index (κ3) is 3.76. The summed E-state index contributed by atoms with van der Waals surface area (Å²) in [5, 5.41) is 3.24. The molecule has 0 aliphatic carbocycles.